The van der Waals surface area contributed by atoms with Crippen LogP contribution in [-0.2, 0) is 0 Å². The van der Waals surface area contributed by atoms with Gasteiger partial charge in [0.1, 0.15) is 0 Å². The van der Waals surface area contributed by atoms with Crippen LogP contribution in [0.25, 0.3) is 0 Å². The van der Waals surface area contributed by atoms with Gasteiger partial charge in [0.15, 0.2) is 0 Å². The van der Waals surface area contributed by atoms with Crippen molar-refractivity contribution in [1.29, 1.82) is 0 Å². The van der Waals surface area contributed by atoms with Gasteiger partial charge in [-0.1, -0.05) is 42.8 Å². The normalized spacial score (nSPS) is 13.1. The molecule has 1 unspecified atom stereocenters. The molecule has 6 heteroatoms. The summed E-state index contributed by atoms with van der Waals surface area (Å²) in [6, 6.07) is 4.81. The fourth-order valence-electron chi connectivity index (χ4n) is 1.49. The van der Waals surface area contributed by atoms with Gasteiger partial charge < -0.3 is 4.74 Å². The minimum absolute atomic E-state index is 0.0170. The lowest BCUT2D eigenvalue weighted by Gasteiger charge is -2.29. The number of para-hydroxylation sites is 1. The van der Waals surface area contributed by atoms with Gasteiger partial charge in [-0.2, -0.15) is 0 Å². The van der Waals surface area contributed by atoms with Gasteiger partial charge in [0, 0.05) is 17.3 Å². The minimum atomic E-state index is -0.430. The van der Waals surface area contributed by atoms with E-state index in [4.69, 9.17) is 4.74 Å². The second-order valence-corrected chi connectivity index (χ2v) is 6.88. The van der Waals surface area contributed by atoms with Crippen molar-refractivity contribution in [3.8, 4) is 5.75 Å². The molecule has 1 aromatic rings. The third-order valence-electron chi connectivity index (χ3n) is 2.98. The average molecular weight is 395 g/mol. The van der Waals surface area contributed by atoms with Gasteiger partial charge >= 0.3 is 5.69 Å². The largest absolute Gasteiger partial charge is 0.486 e. The fraction of sp³-hybridized carbons (Fsp3) is 0.538. The maximum absolute atomic E-state index is 11.0. The van der Waals surface area contributed by atoms with E-state index in [2.05, 4.69) is 52.6 Å². The van der Waals surface area contributed by atoms with E-state index in [1.54, 1.807) is 12.1 Å². The third-order valence-corrected chi connectivity index (χ3v) is 4.39. The molecule has 0 aromatic heterocycles. The first kappa shape index (κ1) is 16.4. The molecule has 1 rings (SSSR count). The molecule has 1 aromatic carbocycles. The summed E-state index contributed by atoms with van der Waals surface area (Å²) in [6.07, 6.45) is 0. The summed E-state index contributed by atoms with van der Waals surface area (Å²) < 4.78 is 6.29. The summed E-state index contributed by atoms with van der Waals surface area (Å²) in [5.74, 6) is 0.557. The number of benzene rings is 1. The molecule has 0 fully saturated rings. The molecule has 0 aliphatic carbocycles. The minimum Gasteiger partial charge on any atom is -0.486 e. The van der Waals surface area contributed by atoms with Crippen molar-refractivity contribution in [1.82, 2.24) is 0 Å². The summed E-state index contributed by atoms with van der Waals surface area (Å²) in [6.45, 7) is 6.79. The van der Waals surface area contributed by atoms with Crippen molar-refractivity contribution in [2.75, 3.05) is 11.9 Å². The molecular weight excluding hydrogens is 378 g/mol. The molecule has 0 heterocycles. The predicted molar refractivity (Wildman–Crippen MR) is 83.0 cm³/mol. The smallest absolute Gasteiger partial charge is 0.312 e. The Bertz CT molecular complexity index is 458. The van der Waals surface area contributed by atoms with Gasteiger partial charge in [-0.25, -0.2) is 0 Å². The molecule has 0 bridgehead atoms. The van der Waals surface area contributed by atoms with Crippen LogP contribution in [0.2, 0.25) is 0 Å². The Morgan fingerprint density at radius 1 is 1.42 bits per heavy atom. The first-order valence-electron chi connectivity index (χ1n) is 5.89. The van der Waals surface area contributed by atoms with Gasteiger partial charge in [0.05, 0.1) is 16.0 Å². The summed E-state index contributed by atoms with van der Waals surface area (Å²) >= 11 is 6.76. The van der Waals surface area contributed by atoms with Crippen LogP contribution in [0.5, 0.6) is 5.75 Å². The molecule has 0 aliphatic rings. The average Bonchev–Trinajstić information content (AvgIpc) is 2.29. The number of nitro groups is 1. The zero-order chi connectivity index (χ0) is 14.6. The van der Waals surface area contributed by atoms with Gasteiger partial charge in [-0.05, 0) is 27.4 Å². The Hall–Kier alpha value is -0.620. The molecule has 0 radical (unpaired) electrons. The maximum Gasteiger partial charge on any atom is 0.312 e. The first-order chi connectivity index (χ1) is 8.77. The highest BCUT2D eigenvalue weighted by Crippen LogP contribution is 2.36. The number of hydrogen-bond donors (Lipinski definition) is 0. The highest BCUT2D eigenvalue weighted by molar-refractivity contribution is 9.10. The predicted octanol–water partition coefficient (Wildman–Crippen LogP) is 4.79. The summed E-state index contributed by atoms with van der Waals surface area (Å²) in [7, 11) is 0. The molecule has 0 aliphatic heterocycles. The number of halogens is 2. The van der Waals surface area contributed by atoms with Crippen LogP contribution < -0.4 is 4.74 Å². The number of nitro benzene ring substituents is 1. The zero-order valence-corrected chi connectivity index (χ0v) is 14.3. The van der Waals surface area contributed by atoms with Crippen LogP contribution in [-0.4, -0.2) is 16.9 Å². The lowest BCUT2D eigenvalue weighted by atomic mass is 9.83. The van der Waals surface area contributed by atoms with Crippen LogP contribution in [0.1, 0.15) is 20.8 Å². The van der Waals surface area contributed by atoms with Gasteiger partial charge in [-0.15, -0.1) is 0 Å². The highest BCUT2D eigenvalue weighted by atomic mass is 79.9. The van der Waals surface area contributed by atoms with Crippen LogP contribution in [0.4, 0.5) is 5.69 Å². The van der Waals surface area contributed by atoms with E-state index in [1.807, 2.05) is 0 Å². The number of hydrogen-bond acceptors (Lipinski definition) is 3. The second-order valence-electron chi connectivity index (χ2n) is 5.37. The van der Waals surface area contributed by atoms with Crippen molar-refractivity contribution in [3.05, 3.63) is 32.8 Å². The van der Waals surface area contributed by atoms with Crippen molar-refractivity contribution in [2.45, 2.75) is 20.8 Å². The van der Waals surface area contributed by atoms with Crippen molar-refractivity contribution in [3.63, 3.8) is 0 Å². The lowest BCUT2D eigenvalue weighted by Crippen LogP contribution is -2.28. The number of rotatable bonds is 5. The number of nitrogens with zero attached hydrogens (tertiary/aromatic N) is 1. The summed E-state index contributed by atoms with van der Waals surface area (Å²) in [4.78, 5) is 10.6. The molecule has 0 saturated heterocycles. The van der Waals surface area contributed by atoms with Crippen LogP contribution in [0, 0.1) is 21.4 Å². The Balaban J connectivity index is 2.91. The van der Waals surface area contributed by atoms with Gasteiger partial charge in [0.25, 0.3) is 0 Å². The lowest BCUT2D eigenvalue weighted by molar-refractivity contribution is -0.386. The molecule has 106 valence electrons. The number of ether oxygens (including phenoxy) is 1. The van der Waals surface area contributed by atoms with Crippen LogP contribution >= 0.6 is 31.9 Å². The highest BCUT2D eigenvalue weighted by Gasteiger charge is 2.26. The van der Waals surface area contributed by atoms with E-state index >= 15 is 0 Å². The molecule has 0 amide bonds. The Morgan fingerprint density at radius 2 is 2.05 bits per heavy atom. The van der Waals surface area contributed by atoms with E-state index < -0.39 is 4.92 Å². The molecule has 0 N–H and O–H groups in total. The van der Waals surface area contributed by atoms with E-state index in [9.17, 15) is 10.1 Å². The van der Waals surface area contributed by atoms with Crippen molar-refractivity contribution < 1.29 is 9.66 Å². The molecule has 0 saturated carbocycles. The van der Waals surface area contributed by atoms with Gasteiger partial charge in [-0.3, -0.25) is 10.1 Å². The second kappa shape index (κ2) is 6.70. The van der Waals surface area contributed by atoms with Crippen molar-refractivity contribution >= 4 is 37.5 Å². The monoisotopic (exact) mass is 393 g/mol. The third kappa shape index (κ3) is 4.45. The molecule has 19 heavy (non-hydrogen) atoms. The fourth-order valence-corrected chi connectivity index (χ4v) is 3.12. The quantitative estimate of drug-likeness (QED) is 0.409. The van der Waals surface area contributed by atoms with E-state index in [0.29, 0.717) is 16.8 Å². The first-order valence-corrected chi connectivity index (χ1v) is 7.80. The Kier molecular flexibility index (Phi) is 5.80. The standard InChI is InChI=1S/C13H17Br2NO3/c1-13(2,3)9(7-14)8-19-12-10(15)5-4-6-11(12)16(17)18/h4-6,9H,7-8H2,1-3H3. The van der Waals surface area contributed by atoms with E-state index in [1.165, 1.54) is 6.07 Å². The summed E-state index contributed by atoms with van der Waals surface area (Å²) in [5, 5.41) is 11.8. The Labute approximate surface area is 129 Å². The van der Waals surface area contributed by atoms with Crippen LogP contribution in [0.3, 0.4) is 0 Å². The SMILES string of the molecule is CC(C)(C)C(CBr)COc1c(Br)cccc1[N+](=O)[O-]. The topological polar surface area (TPSA) is 52.4 Å². The zero-order valence-electron chi connectivity index (χ0n) is 11.2. The van der Waals surface area contributed by atoms with Gasteiger partial charge in [0.2, 0.25) is 5.75 Å². The molecule has 0 spiro atoms. The Morgan fingerprint density at radius 3 is 2.53 bits per heavy atom. The summed E-state index contributed by atoms with van der Waals surface area (Å²) in [5.41, 5.74) is 0.0520. The van der Waals surface area contributed by atoms with E-state index in [0.717, 1.165) is 5.33 Å². The van der Waals surface area contributed by atoms with Crippen molar-refractivity contribution in [2.24, 2.45) is 11.3 Å². The number of alkyl halides is 1. The van der Waals surface area contributed by atoms with E-state index in [-0.39, 0.29) is 17.0 Å². The molecule has 1 atom stereocenters. The molecule has 4 nitrogen and oxygen atoms in total. The van der Waals surface area contributed by atoms with Crippen LogP contribution in [0.15, 0.2) is 22.7 Å². The molecular formula is C13H17Br2NO3. The maximum atomic E-state index is 11.0.